The second-order valence-electron chi connectivity index (χ2n) is 5.76. The minimum Gasteiger partial charge on any atom is -0.484 e. The van der Waals surface area contributed by atoms with Crippen LogP contribution in [0.15, 0.2) is 60.7 Å². The van der Waals surface area contributed by atoms with Gasteiger partial charge in [-0.15, -0.1) is 0 Å². The first-order valence-corrected chi connectivity index (χ1v) is 8.54. The number of amides is 1. The average molecular weight is 370 g/mol. The zero-order valence-electron chi connectivity index (χ0n) is 14.9. The number of aliphatic carboxylic acids is 1. The van der Waals surface area contributed by atoms with Gasteiger partial charge in [-0.1, -0.05) is 36.4 Å². The van der Waals surface area contributed by atoms with Crippen molar-refractivity contribution in [1.29, 1.82) is 0 Å². The maximum Gasteiger partial charge on any atom is 0.368 e. The number of piperazine rings is 1. The first kappa shape index (κ1) is 20.0. The molecule has 0 aliphatic carbocycles. The number of nitrogens with zero attached hydrogens (tertiary/aromatic N) is 2. The van der Waals surface area contributed by atoms with Crippen molar-refractivity contribution in [2.75, 3.05) is 37.7 Å². The van der Waals surface area contributed by atoms with Crippen LogP contribution in [0.25, 0.3) is 0 Å². The van der Waals surface area contributed by atoms with Crippen LogP contribution in [0.3, 0.4) is 0 Å². The second kappa shape index (κ2) is 10.6. The highest BCUT2D eigenvalue weighted by Gasteiger charge is 2.21. The van der Waals surface area contributed by atoms with E-state index in [1.54, 1.807) is 0 Å². The SMILES string of the molecule is O=C(COc1ccccc1)N1CCN(c2ccccc2)CC1.O=CC(=O)O. The van der Waals surface area contributed by atoms with Gasteiger partial charge in [-0.3, -0.25) is 9.59 Å². The minimum atomic E-state index is -1.43. The fraction of sp³-hybridized carbons (Fsp3) is 0.250. The van der Waals surface area contributed by atoms with Gasteiger partial charge in [0.15, 0.2) is 6.61 Å². The Bertz CT molecular complexity index is 729. The number of benzene rings is 2. The molecular weight excluding hydrogens is 348 g/mol. The van der Waals surface area contributed by atoms with Crippen molar-refractivity contribution in [3.63, 3.8) is 0 Å². The lowest BCUT2D eigenvalue weighted by atomic mass is 10.2. The summed E-state index contributed by atoms with van der Waals surface area (Å²) in [6.07, 6.45) is -0.167. The van der Waals surface area contributed by atoms with Crippen LogP contribution in [0.5, 0.6) is 5.75 Å². The lowest BCUT2D eigenvalue weighted by Gasteiger charge is -2.36. The van der Waals surface area contributed by atoms with Gasteiger partial charge in [-0.2, -0.15) is 0 Å². The van der Waals surface area contributed by atoms with Gasteiger partial charge in [0.25, 0.3) is 5.91 Å². The molecule has 1 aliphatic heterocycles. The Hall–Kier alpha value is -3.35. The van der Waals surface area contributed by atoms with Gasteiger partial charge in [-0.25, -0.2) is 4.79 Å². The number of carbonyl (C=O) groups excluding carboxylic acids is 2. The van der Waals surface area contributed by atoms with E-state index in [1.165, 1.54) is 5.69 Å². The highest BCUT2D eigenvalue weighted by Crippen LogP contribution is 2.16. The van der Waals surface area contributed by atoms with Gasteiger partial charge in [0.05, 0.1) is 0 Å². The number of carbonyl (C=O) groups is 3. The summed E-state index contributed by atoms with van der Waals surface area (Å²) >= 11 is 0. The number of aldehydes is 1. The first-order valence-electron chi connectivity index (χ1n) is 8.54. The molecule has 2 aromatic rings. The maximum atomic E-state index is 12.2. The standard InChI is InChI=1S/C18H20N2O2.C2H2O3/c21-18(15-22-17-9-5-2-6-10-17)20-13-11-19(12-14-20)16-7-3-1-4-8-16;3-1-2(4)5/h1-10H,11-15H2;1H,(H,4,5). The summed E-state index contributed by atoms with van der Waals surface area (Å²) in [4.78, 5) is 34.3. The normalized spacial score (nSPS) is 13.2. The zero-order chi connectivity index (χ0) is 19.5. The average Bonchev–Trinajstić information content (AvgIpc) is 2.74. The molecule has 0 atom stereocenters. The van der Waals surface area contributed by atoms with E-state index in [1.807, 2.05) is 53.4 Å². The minimum absolute atomic E-state index is 0.0524. The largest absolute Gasteiger partial charge is 0.484 e. The van der Waals surface area contributed by atoms with Crippen LogP contribution in [-0.2, 0) is 14.4 Å². The molecule has 2 aromatic carbocycles. The van der Waals surface area contributed by atoms with E-state index in [0.717, 1.165) is 31.9 Å². The molecule has 0 bridgehead atoms. The van der Waals surface area contributed by atoms with E-state index in [2.05, 4.69) is 17.0 Å². The molecule has 3 rings (SSSR count). The number of hydrogen-bond donors (Lipinski definition) is 1. The predicted octanol–water partition coefficient (Wildman–Crippen LogP) is 1.68. The summed E-state index contributed by atoms with van der Waals surface area (Å²) in [5.41, 5.74) is 1.22. The number of carboxylic acids is 1. The van der Waals surface area contributed by atoms with Gasteiger partial charge >= 0.3 is 5.97 Å². The van der Waals surface area contributed by atoms with Crippen LogP contribution in [0.1, 0.15) is 0 Å². The Morgan fingerprint density at radius 3 is 1.96 bits per heavy atom. The third kappa shape index (κ3) is 6.81. The van der Waals surface area contributed by atoms with Gasteiger partial charge < -0.3 is 19.6 Å². The molecule has 0 aromatic heterocycles. The highest BCUT2D eigenvalue weighted by molar-refractivity contribution is 6.19. The van der Waals surface area contributed by atoms with E-state index < -0.39 is 5.97 Å². The molecule has 1 fully saturated rings. The topological polar surface area (TPSA) is 87.2 Å². The Balaban J connectivity index is 0.000000465. The van der Waals surface area contributed by atoms with E-state index in [4.69, 9.17) is 19.4 Å². The fourth-order valence-electron chi connectivity index (χ4n) is 2.61. The molecule has 1 amide bonds. The molecule has 0 saturated carbocycles. The number of rotatable bonds is 5. The fourth-order valence-corrected chi connectivity index (χ4v) is 2.61. The van der Waals surface area contributed by atoms with Gasteiger partial charge in [0.1, 0.15) is 5.75 Å². The van der Waals surface area contributed by atoms with Crippen molar-refractivity contribution in [3.05, 3.63) is 60.7 Å². The lowest BCUT2D eigenvalue weighted by molar-refractivity contribution is -0.143. The van der Waals surface area contributed by atoms with Crippen molar-refractivity contribution >= 4 is 23.9 Å². The second-order valence-corrected chi connectivity index (χ2v) is 5.76. The summed E-state index contributed by atoms with van der Waals surface area (Å²) < 4.78 is 5.53. The third-order valence-electron chi connectivity index (χ3n) is 3.96. The molecule has 7 heteroatoms. The molecular formula is C20H22N2O5. The molecule has 1 heterocycles. The monoisotopic (exact) mass is 370 g/mol. The van der Waals surface area contributed by atoms with Crippen LogP contribution in [0.2, 0.25) is 0 Å². The van der Waals surface area contributed by atoms with Crippen molar-refractivity contribution in [2.24, 2.45) is 0 Å². The van der Waals surface area contributed by atoms with E-state index >= 15 is 0 Å². The van der Waals surface area contributed by atoms with Crippen molar-refractivity contribution in [1.82, 2.24) is 4.90 Å². The lowest BCUT2D eigenvalue weighted by Crippen LogP contribution is -2.50. The molecule has 1 N–H and O–H groups in total. The molecule has 1 saturated heterocycles. The van der Waals surface area contributed by atoms with Gasteiger partial charge in [0.2, 0.25) is 6.29 Å². The summed E-state index contributed by atoms with van der Waals surface area (Å²) in [5.74, 6) is -0.639. The molecule has 0 radical (unpaired) electrons. The van der Waals surface area contributed by atoms with Crippen LogP contribution >= 0.6 is 0 Å². The molecule has 27 heavy (non-hydrogen) atoms. The summed E-state index contributed by atoms with van der Waals surface area (Å²) in [6, 6.07) is 19.8. The Labute approximate surface area is 157 Å². The smallest absolute Gasteiger partial charge is 0.368 e. The van der Waals surface area contributed by atoms with Crippen LogP contribution < -0.4 is 9.64 Å². The highest BCUT2D eigenvalue weighted by atomic mass is 16.5. The third-order valence-corrected chi connectivity index (χ3v) is 3.96. The molecule has 142 valence electrons. The quantitative estimate of drug-likeness (QED) is 0.637. The summed E-state index contributed by atoms with van der Waals surface area (Å²) in [7, 11) is 0. The molecule has 7 nitrogen and oxygen atoms in total. The van der Waals surface area contributed by atoms with Crippen molar-refractivity contribution < 1.29 is 24.2 Å². The molecule has 1 aliphatic rings. The molecule has 0 unspecified atom stereocenters. The van der Waals surface area contributed by atoms with Crippen LogP contribution in [0, 0.1) is 0 Å². The number of ether oxygens (including phenoxy) is 1. The predicted molar refractivity (Wildman–Crippen MR) is 101 cm³/mol. The van der Waals surface area contributed by atoms with Crippen molar-refractivity contribution in [3.8, 4) is 5.75 Å². The molecule has 0 spiro atoms. The van der Waals surface area contributed by atoms with Crippen molar-refractivity contribution in [2.45, 2.75) is 0 Å². The van der Waals surface area contributed by atoms with E-state index in [9.17, 15) is 4.79 Å². The Kier molecular flexibility index (Phi) is 7.84. The number of hydrogen-bond acceptors (Lipinski definition) is 5. The van der Waals surface area contributed by atoms with E-state index in [-0.39, 0.29) is 18.8 Å². The number of anilines is 1. The van der Waals surface area contributed by atoms with Crippen LogP contribution in [-0.4, -0.2) is 61.0 Å². The number of para-hydroxylation sites is 2. The van der Waals surface area contributed by atoms with E-state index in [0.29, 0.717) is 0 Å². The summed E-state index contributed by atoms with van der Waals surface area (Å²) in [6.45, 7) is 3.31. The van der Waals surface area contributed by atoms with Gasteiger partial charge in [0, 0.05) is 31.9 Å². The van der Waals surface area contributed by atoms with Crippen LogP contribution in [0.4, 0.5) is 5.69 Å². The maximum absolute atomic E-state index is 12.2. The zero-order valence-corrected chi connectivity index (χ0v) is 14.9. The summed E-state index contributed by atoms with van der Waals surface area (Å²) in [5, 5.41) is 7.35. The first-order chi connectivity index (χ1) is 13.1. The Morgan fingerprint density at radius 2 is 1.44 bits per heavy atom. The van der Waals surface area contributed by atoms with Gasteiger partial charge in [-0.05, 0) is 24.3 Å². The Morgan fingerprint density at radius 1 is 0.926 bits per heavy atom. The number of carboxylic acid groups (broad SMARTS) is 1.